The predicted molar refractivity (Wildman–Crippen MR) is 17.6 cm³/mol. The van der Waals surface area contributed by atoms with Crippen molar-refractivity contribution in [3.8, 4) is 0 Å². The van der Waals surface area contributed by atoms with E-state index < -0.39 is 10.4 Å². The topological polar surface area (TPSA) is 97.3 Å². The van der Waals surface area contributed by atoms with Crippen LogP contribution in [0.5, 0.6) is 0 Å². The molecule has 0 spiro atoms. The highest BCUT2D eigenvalue weighted by molar-refractivity contribution is 7.79. The van der Waals surface area contributed by atoms with E-state index in [9.17, 15) is 0 Å². The predicted octanol–water partition coefficient (Wildman–Crippen LogP) is -1.52. The molecule has 5 nitrogen and oxygen atoms in total. The molecule has 0 aromatic rings. The van der Waals surface area contributed by atoms with E-state index in [4.69, 9.17) is 22.3 Å². The normalized spacial score (nSPS) is 8.86. The molecule has 0 aromatic heterocycles. The van der Waals surface area contributed by atoms with Crippen molar-refractivity contribution in [1.29, 1.82) is 0 Å². The Labute approximate surface area is 40.5 Å². The van der Waals surface area contributed by atoms with Gasteiger partial charge in [0.1, 0.15) is 6.79 Å². The molecule has 0 atom stereocenters. The van der Waals surface area contributed by atoms with Crippen molar-refractivity contribution < 1.29 is 22.3 Å². The molecule has 0 bridgehead atoms. The monoisotopic (exact) mass is 126 g/mol. The molecule has 0 saturated carbocycles. The number of carbonyl (C=O) groups excluding carboxylic acids is 1. The maximum atomic E-state index is 8.52. The van der Waals surface area contributed by atoms with Crippen molar-refractivity contribution in [3.63, 3.8) is 0 Å². The van der Waals surface area contributed by atoms with E-state index in [1.165, 1.54) is 0 Å². The van der Waals surface area contributed by atoms with E-state index in [2.05, 4.69) is 0 Å². The van der Waals surface area contributed by atoms with Gasteiger partial charge < -0.3 is 13.9 Å². The third kappa shape index (κ3) is 328. The average Bonchev–Trinajstić information content (AvgIpc) is 1.36. The van der Waals surface area contributed by atoms with Crippen LogP contribution in [0.2, 0.25) is 0 Å². The molecule has 0 aliphatic carbocycles. The summed E-state index contributed by atoms with van der Waals surface area (Å²) in [7, 11) is -5.17. The molecule has 6 heteroatoms. The average molecular weight is 126 g/mol. The summed E-state index contributed by atoms with van der Waals surface area (Å²) in [4.78, 5) is 8.00. The molecule has 0 saturated heterocycles. The summed E-state index contributed by atoms with van der Waals surface area (Å²) in [6.45, 7) is 2.00. The van der Waals surface area contributed by atoms with Gasteiger partial charge in [-0.1, -0.05) is 0 Å². The highest BCUT2D eigenvalue weighted by atomic mass is 32.3. The lowest BCUT2D eigenvalue weighted by atomic mass is 11.9. The van der Waals surface area contributed by atoms with E-state index in [1.54, 1.807) is 0 Å². The lowest BCUT2D eigenvalue weighted by Gasteiger charge is -2.06. The van der Waals surface area contributed by atoms with Gasteiger partial charge in [-0.05, 0) is 0 Å². The van der Waals surface area contributed by atoms with Gasteiger partial charge in [-0.2, -0.15) is 0 Å². The van der Waals surface area contributed by atoms with Crippen molar-refractivity contribution in [3.05, 3.63) is 0 Å². The molecule has 0 heterocycles. The molecule has 0 rings (SSSR count). The Bertz CT molecular complexity index is 102. The van der Waals surface area contributed by atoms with Crippen LogP contribution in [0.25, 0.3) is 0 Å². The zero-order chi connectivity index (χ0) is 6.50. The van der Waals surface area contributed by atoms with Gasteiger partial charge in [0.15, 0.2) is 0 Å². The van der Waals surface area contributed by atoms with Crippen LogP contribution in [0.1, 0.15) is 0 Å². The number of hydrogen-bond acceptors (Lipinski definition) is 5. The Balaban J connectivity index is 0. The fourth-order valence-corrected chi connectivity index (χ4v) is 0. The van der Waals surface area contributed by atoms with Crippen LogP contribution in [0.4, 0.5) is 0 Å². The van der Waals surface area contributed by atoms with Crippen molar-refractivity contribution in [1.82, 2.24) is 0 Å². The highest BCUT2D eigenvalue weighted by Gasteiger charge is 1.49. The van der Waals surface area contributed by atoms with E-state index in [0.29, 0.717) is 0 Å². The van der Waals surface area contributed by atoms with Crippen LogP contribution in [0, 0.1) is 0 Å². The van der Waals surface area contributed by atoms with Crippen molar-refractivity contribution in [2.45, 2.75) is 0 Å². The van der Waals surface area contributed by atoms with Gasteiger partial charge in [0.2, 0.25) is 0 Å². The molecule has 0 fully saturated rings. The third-order valence-corrected chi connectivity index (χ3v) is 0. The number of hydrogen-bond donors (Lipinski definition) is 0. The molecular formula is CH2O5S-2. The van der Waals surface area contributed by atoms with Crippen molar-refractivity contribution in [2.75, 3.05) is 0 Å². The maximum Gasteiger partial charge on any atom is 0.106 e. The Morgan fingerprint density at radius 1 is 1.14 bits per heavy atom. The van der Waals surface area contributed by atoms with E-state index in [1.807, 2.05) is 6.79 Å². The van der Waals surface area contributed by atoms with Crippen LogP contribution in [0.15, 0.2) is 0 Å². The molecular weight excluding hydrogens is 124 g/mol. The second-order valence-electron chi connectivity index (χ2n) is 0.408. The van der Waals surface area contributed by atoms with Gasteiger partial charge in [0, 0.05) is 10.4 Å². The van der Waals surface area contributed by atoms with Gasteiger partial charge in [-0.3, -0.25) is 8.42 Å². The van der Waals surface area contributed by atoms with Crippen LogP contribution >= 0.6 is 0 Å². The number of carbonyl (C=O) groups is 1. The Hall–Kier alpha value is -0.460. The lowest BCUT2D eigenvalue weighted by Crippen LogP contribution is -1.91. The summed E-state index contributed by atoms with van der Waals surface area (Å²) in [5.41, 5.74) is 0. The van der Waals surface area contributed by atoms with Crippen LogP contribution in [-0.4, -0.2) is 24.3 Å². The van der Waals surface area contributed by atoms with E-state index >= 15 is 0 Å². The van der Waals surface area contributed by atoms with Gasteiger partial charge in [-0.25, -0.2) is 0 Å². The van der Waals surface area contributed by atoms with Gasteiger partial charge in [0.05, 0.1) is 0 Å². The summed E-state index contributed by atoms with van der Waals surface area (Å²) in [5.74, 6) is 0. The first-order valence-corrected chi connectivity index (χ1v) is 2.29. The molecule has 44 valence electrons. The molecule has 7 heavy (non-hydrogen) atoms. The molecule has 0 amide bonds. The summed E-state index contributed by atoms with van der Waals surface area (Å²) >= 11 is 0. The minimum absolute atomic E-state index is 2.00. The second-order valence-corrected chi connectivity index (χ2v) is 1.22. The standard InChI is InChI=1S/CH2O.H2O4S/c1-2;1-5(2,3)4/h1H2;(H2,1,2,3,4)/p-2. The maximum absolute atomic E-state index is 8.52. The lowest BCUT2D eigenvalue weighted by molar-refractivity contribution is -0.0979. The zero-order valence-electron chi connectivity index (χ0n) is 3.16. The fraction of sp³-hybridized carbons (Fsp3) is 0. The molecule has 0 unspecified atom stereocenters. The zero-order valence-corrected chi connectivity index (χ0v) is 3.97. The van der Waals surface area contributed by atoms with Gasteiger partial charge in [0.25, 0.3) is 0 Å². The van der Waals surface area contributed by atoms with E-state index in [0.717, 1.165) is 0 Å². The first-order chi connectivity index (χ1) is 3.00. The highest BCUT2D eigenvalue weighted by Crippen LogP contribution is 1.57. The minimum atomic E-state index is -5.17. The minimum Gasteiger partial charge on any atom is -0.759 e. The smallest absolute Gasteiger partial charge is 0.106 e. The quantitative estimate of drug-likeness (QED) is 0.290. The fourth-order valence-electron chi connectivity index (χ4n) is 0. The van der Waals surface area contributed by atoms with Crippen LogP contribution in [-0.2, 0) is 15.2 Å². The summed E-state index contributed by atoms with van der Waals surface area (Å²) in [6.07, 6.45) is 0. The number of rotatable bonds is 0. The van der Waals surface area contributed by atoms with Crippen molar-refractivity contribution >= 4 is 17.2 Å². The molecule has 0 aromatic carbocycles. The second kappa shape index (κ2) is 3.72. The van der Waals surface area contributed by atoms with Gasteiger partial charge in [-0.15, -0.1) is 0 Å². The Morgan fingerprint density at radius 3 is 1.14 bits per heavy atom. The summed E-state index contributed by atoms with van der Waals surface area (Å²) in [6, 6.07) is 0. The van der Waals surface area contributed by atoms with Crippen LogP contribution < -0.4 is 0 Å². The SMILES string of the molecule is C=O.O=S(=O)([O-])[O-]. The molecule has 0 aliphatic heterocycles. The third-order valence-electron chi connectivity index (χ3n) is 0. The summed E-state index contributed by atoms with van der Waals surface area (Å²) in [5, 5.41) is 0. The first kappa shape index (κ1) is 9.74. The van der Waals surface area contributed by atoms with Gasteiger partial charge >= 0.3 is 0 Å². The van der Waals surface area contributed by atoms with Crippen molar-refractivity contribution in [2.24, 2.45) is 0 Å². The largest absolute Gasteiger partial charge is 0.759 e. The van der Waals surface area contributed by atoms with Crippen LogP contribution in [0.3, 0.4) is 0 Å². The molecule has 0 radical (unpaired) electrons. The van der Waals surface area contributed by atoms with E-state index in [-0.39, 0.29) is 0 Å². The molecule has 0 N–H and O–H groups in total. The summed E-state index contributed by atoms with van der Waals surface area (Å²) < 4.78 is 34.1. The Morgan fingerprint density at radius 2 is 1.14 bits per heavy atom. The Kier molecular flexibility index (Phi) is 5.18. The molecule has 0 aliphatic rings. The first-order valence-electron chi connectivity index (χ1n) is 0.955.